The predicted molar refractivity (Wildman–Crippen MR) is 133 cm³/mol. The summed E-state index contributed by atoms with van der Waals surface area (Å²) >= 11 is 0. The van der Waals surface area contributed by atoms with Crippen LogP contribution in [0.2, 0.25) is 0 Å². The number of para-hydroxylation sites is 2. The van der Waals surface area contributed by atoms with E-state index < -0.39 is 0 Å². The third-order valence-corrected chi connectivity index (χ3v) is 4.53. The average Bonchev–Trinajstić information content (AvgIpc) is 3.03. The molecule has 2 aromatic heterocycles. The lowest BCUT2D eigenvalue weighted by Crippen LogP contribution is -2.37. The van der Waals surface area contributed by atoms with Crippen LogP contribution in [0.25, 0.3) is 11.0 Å². The van der Waals surface area contributed by atoms with E-state index >= 15 is 0 Å². The maximum absolute atomic E-state index is 5.57. The van der Waals surface area contributed by atoms with E-state index in [1.54, 1.807) is 7.05 Å². The normalized spacial score (nSPS) is 11.4. The number of nitrogens with zero attached hydrogens (tertiary/aromatic N) is 4. The molecular weight excluding hydrogens is 491 g/mol. The monoisotopic (exact) mass is 522 g/mol. The van der Waals surface area contributed by atoms with E-state index in [0.717, 1.165) is 42.4 Å². The van der Waals surface area contributed by atoms with Gasteiger partial charge in [-0.2, -0.15) is 0 Å². The zero-order valence-electron chi connectivity index (χ0n) is 18.1. The lowest BCUT2D eigenvalue weighted by Gasteiger charge is -2.13. The zero-order valence-corrected chi connectivity index (χ0v) is 20.4. The standard InChI is InChI=1S/C22H30N6O.HI/c1-16(2)29-21-11-10-18(14-25-21)15-26-22(23-4)24-12-7-13-28-17(3)27-19-8-5-6-9-20(19)28;/h5-6,8-11,14,16H,7,12-13,15H2,1-4H3,(H2,23,24,26);1H. The molecular formula is C22H31IN6O. The molecule has 0 atom stereocenters. The summed E-state index contributed by atoms with van der Waals surface area (Å²) in [5.74, 6) is 2.47. The molecule has 0 aliphatic rings. The number of ether oxygens (including phenoxy) is 1. The number of aromatic nitrogens is 3. The highest BCUT2D eigenvalue weighted by molar-refractivity contribution is 14.0. The average molecular weight is 522 g/mol. The van der Waals surface area contributed by atoms with Gasteiger partial charge in [-0.3, -0.25) is 4.99 Å². The van der Waals surface area contributed by atoms with Crippen molar-refractivity contribution in [1.29, 1.82) is 0 Å². The molecule has 2 heterocycles. The Morgan fingerprint density at radius 1 is 1.17 bits per heavy atom. The van der Waals surface area contributed by atoms with Gasteiger partial charge in [0.25, 0.3) is 0 Å². The fourth-order valence-corrected chi connectivity index (χ4v) is 3.16. The fraction of sp³-hybridized carbons (Fsp3) is 0.409. The molecule has 0 aliphatic carbocycles. The molecule has 0 amide bonds. The largest absolute Gasteiger partial charge is 0.475 e. The number of halogens is 1. The second-order valence-electron chi connectivity index (χ2n) is 7.18. The number of pyridine rings is 1. The van der Waals surface area contributed by atoms with Gasteiger partial charge in [-0.05, 0) is 44.9 Å². The van der Waals surface area contributed by atoms with Crippen molar-refractivity contribution in [3.63, 3.8) is 0 Å². The molecule has 1 aromatic carbocycles. The molecule has 162 valence electrons. The van der Waals surface area contributed by atoms with Crippen molar-refractivity contribution >= 4 is 41.0 Å². The number of fused-ring (bicyclic) bond motifs is 1. The maximum Gasteiger partial charge on any atom is 0.213 e. The van der Waals surface area contributed by atoms with Gasteiger partial charge in [-0.15, -0.1) is 24.0 Å². The van der Waals surface area contributed by atoms with Gasteiger partial charge < -0.3 is 19.9 Å². The molecule has 0 saturated heterocycles. The first-order valence-corrected chi connectivity index (χ1v) is 10.0. The van der Waals surface area contributed by atoms with Crippen molar-refractivity contribution in [3.8, 4) is 5.88 Å². The summed E-state index contributed by atoms with van der Waals surface area (Å²) in [5.41, 5.74) is 3.31. The van der Waals surface area contributed by atoms with Gasteiger partial charge in [-0.1, -0.05) is 18.2 Å². The van der Waals surface area contributed by atoms with Crippen molar-refractivity contribution in [3.05, 3.63) is 54.0 Å². The summed E-state index contributed by atoms with van der Waals surface area (Å²) in [7, 11) is 1.78. The Kier molecular flexibility index (Phi) is 9.35. The van der Waals surface area contributed by atoms with Gasteiger partial charge in [0, 0.05) is 38.9 Å². The van der Waals surface area contributed by atoms with Crippen LogP contribution in [-0.4, -0.2) is 40.2 Å². The molecule has 0 bridgehead atoms. The van der Waals surface area contributed by atoms with Gasteiger partial charge in [-0.25, -0.2) is 9.97 Å². The molecule has 0 unspecified atom stereocenters. The molecule has 0 aliphatic heterocycles. The molecule has 0 spiro atoms. The first-order chi connectivity index (χ1) is 14.1. The van der Waals surface area contributed by atoms with Crippen molar-refractivity contribution < 1.29 is 4.74 Å². The van der Waals surface area contributed by atoms with Crippen LogP contribution >= 0.6 is 24.0 Å². The highest BCUT2D eigenvalue weighted by Gasteiger charge is 2.06. The van der Waals surface area contributed by atoms with Gasteiger partial charge in [0.05, 0.1) is 17.1 Å². The van der Waals surface area contributed by atoms with E-state index in [-0.39, 0.29) is 30.1 Å². The Hall–Kier alpha value is -2.36. The number of rotatable bonds is 8. The second kappa shape index (κ2) is 11.7. The maximum atomic E-state index is 5.57. The summed E-state index contributed by atoms with van der Waals surface area (Å²) in [6, 6.07) is 12.2. The zero-order chi connectivity index (χ0) is 20.6. The van der Waals surface area contributed by atoms with Gasteiger partial charge >= 0.3 is 0 Å². The van der Waals surface area contributed by atoms with Gasteiger partial charge in [0.2, 0.25) is 5.88 Å². The predicted octanol–water partition coefficient (Wildman–Crippen LogP) is 3.90. The SMILES string of the molecule is CN=C(NCCCn1c(C)nc2ccccc21)NCc1ccc(OC(C)C)nc1.I. The first kappa shape index (κ1) is 23.9. The number of hydrogen-bond donors (Lipinski definition) is 2. The molecule has 8 heteroatoms. The number of aliphatic imine (C=N–C) groups is 1. The summed E-state index contributed by atoms with van der Waals surface area (Å²) in [6.45, 7) is 8.43. The van der Waals surface area contributed by atoms with Crippen LogP contribution in [0, 0.1) is 6.92 Å². The van der Waals surface area contributed by atoms with E-state index in [2.05, 4.69) is 55.3 Å². The Labute approximate surface area is 195 Å². The molecule has 3 aromatic rings. The number of imidazole rings is 1. The minimum Gasteiger partial charge on any atom is -0.475 e. The van der Waals surface area contributed by atoms with Crippen molar-refractivity contribution in [2.24, 2.45) is 4.99 Å². The smallest absolute Gasteiger partial charge is 0.213 e. The fourth-order valence-electron chi connectivity index (χ4n) is 3.16. The topological polar surface area (TPSA) is 76.4 Å². The van der Waals surface area contributed by atoms with Gasteiger partial charge in [0.15, 0.2) is 5.96 Å². The molecule has 3 rings (SSSR count). The van der Waals surface area contributed by atoms with Crippen LogP contribution < -0.4 is 15.4 Å². The summed E-state index contributed by atoms with van der Waals surface area (Å²) in [5, 5.41) is 6.69. The minimum atomic E-state index is 0. The van der Waals surface area contributed by atoms with E-state index in [0.29, 0.717) is 12.4 Å². The van der Waals surface area contributed by atoms with E-state index in [9.17, 15) is 0 Å². The van der Waals surface area contributed by atoms with Gasteiger partial charge in [0.1, 0.15) is 5.82 Å². The van der Waals surface area contributed by atoms with Crippen LogP contribution in [-0.2, 0) is 13.1 Å². The minimum absolute atomic E-state index is 0. The van der Waals surface area contributed by atoms with Crippen molar-refractivity contribution in [2.45, 2.75) is 46.4 Å². The van der Waals surface area contributed by atoms with E-state index in [1.807, 2.05) is 38.2 Å². The third-order valence-electron chi connectivity index (χ3n) is 4.53. The second-order valence-corrected chi connectivity index (χ2v) is 7.18. The molecule has 0 fully saturated rings. The number of aryl methyl sites for hydroxylation is 2. The highest BCUT2D eigenvalue weighted by atomic mass is 127. The first-order valence-electron chi connectivity index (χ1n) is 10.0. The van der Waals surface area contributed by atoms with Crippen LogP contribution in [0.5, 0.6) is 5.88 Å². The molecule has 2 N–H and O–H groups in total. The van der Waals surface area contributed by atoms with Crippen LogP contribution in [0.15, 0.2) is 47.6 Å². The molecule has 30 heavy (non-hydrogen) atoms. The third kappa shape index (κ3) is 6.58. The highest BCUT2D eigenvalue weighted by Crippen LogP contribution is 2.15. The summed E-state index contributed by atoms with van der Waals surface area (Å²) in [6.07, 6.45) is 2.92. The Bertz CT molecular complexity index is 952. The Morgan fingerprint density at radius 3 is 2.67 bits per heavy atom. The number of guanidine groups is 1. The number of benzene rings is 1. The lowest BCUT2D eigenvalue weighted by molar-refractivity contribution is 0.232. The Morgan fingerprint density at radius 2 is 1.97 bits per heavy atom. The van der Waals surface area contributed by atoms with Crippen molar-refractivity contribution in [2.75, 3.05) is 13.6 Å². The number of nitrogens with one attached hydrogen (secondary N) is 2. The molecule has 0 radical (unpaired) electrons. The number of hydrogen-bond acceptors (Lipinski definition) is 4. The van der Waals surface area contributed by atoms with Crippen LogP contribution in [0.4, 0.5) is 0 Å². The molecule has 7 nitrogen and oxygen atoms in total. The Balaban J connectivity index is 0.00000320. The lowest BCUT2D eigenvalue weighted by atomic mass is 10.3. The quantitative estimate of drug-likeness (QED) is 0.203. The van der Waals surface area contributed by atoms with Crippen LogP contribution in [0.3, 0.4) is 0 Å². The van der Waals surface area contributed by atoms with Crippen LogP contribution in [0.1, 0.15) is 31.7 Å². The summed E-state index contributed by atoms with van der Waals surface area (Å²) < 4.78 is 7.84. The molecule has 0 saturated carbocycles. The summed E-state index contributed by atoms with van der Waals surface area (Å²) in [4.78, 5) is 13.2. The van der Waals surface area contributed by atoms with E-state index in [1.165, 1.54) is 5.52 Å². The van der Waals surface area contributed by atoms with E-state index in [4.69, 9.17) is 4.74 Å². The van der Waals surface area contributed by atoms with Crippen molar-refractivity contribution in [1.82, 2.24) is 25.2 Å².